The standard InChI is InChI=1S/C31H27N3O3/c1-31(2,3)28-17-16-27(37-28)30(36)32-23-11-7-10-21(18-23)29(35)22-13-14-24-25(33-34-26(24)19-22)15-12-20-8-5-4-6-9-20/h4-19H,1-3H3,(H,32,36)(H,33,34)/b15-12+. The summed E-state index contributed by atoms with van der Waals surface area (Å²) >= 11 is 0. The summed E-state index contributed by atoms with van der Waals surface area (Å²) in [6.07, 6.45) is 3.95. The number of hydrogen-bond acceptors (Lipinski definition) is 4. The zero-order valence-corrected chi connectivity index (χ0v) is 20.9. The molecule has 5 rings (SSSR count). The van der Waals surface area contributed by atoms with Crippen molar-refractivity contribution in [3.63, 3.8) is 0 Å². The number of rotatable bonds is 6. The summed E-state index contributed by atoms with van der Waals surface area (Å²) < 4.78 is 5.72. The number of H-pyrrole nitrogens is 1. The number of ketones is 1. The number of hydrogen-bond donors (Lipinski definition) is 2. The lowest BCUT2D eigenvalue weighted by atomic mass is 9.94. The number of amides is 1. The monoisotopic (exact) mass is 489 g/mol. The van der Waals surface area contributed by atoms with Gasteiger partial charge in [0, 0.05) is 27.6 Å². The van der Waals surface area contributed by atoms with Crippen LogP contribution in [0.1, 0.15) is 64.3 Å². The van der Waals surface area contributed by atoms with Gasteiger partial charge in [0.1, 0.15) is 5.76 Å². The molecule has 3 aromatic carbocycles. The van der Waals surface area contributed by atoms with E-state index in [-0.39, 0.29) is 22.9 Å². The van der Waals surface area contributed by atoms with Crippen LogP contribution in [-0.4, -0.2) is 21.9 Å². The fraction of sp³-hybridized carbons (Fsp3) is 0.129. The second-order valence-electron chi connectivity index (χ2n) is 9.89. The Morgan fingerprint density at radius 1 is 0.865 bits per heavy atom. The molecular formula is C31H27N3O3. The second kappa shape index (κ2) is 9.74. The van der Waals surface area contributed by atoms with Crippen LogP contribution in [0.25, 0.3) is 23.1 Å². The second-order valence-corrected chi connectivity index (χ2v) is 9.89. The van der Waals surface area contributed by atoms with Crippen molar-refractivity contribution in [3.8, 4) is 0 Å². The highest BCUT2D eigenvalue weighted by Gasteiger charge is 2.21. The van der Waals surface area contributed by atoms with E-state index in [0.29, 0.717) is 16.8 Å². The molecule has 184 valence electrons. The van der Waals surface area contributed by atoms with Gasteiger partial charge in [0.2, 0.25) is 0 Å². The summed E-state index contributed by atoms with van der Waals surface area (Å²) in [5.74, 6) is 0.440. The van der Waals surface area contributed by atoms with Gasteiger partial charge in [-0.1, -0.05) is 75.4 Å². The Bertz CT molecular complexity index is 1620. The number of furan rings is 1. The van der Waals surface area contributed by atoms with Gasteiger partial charge in [-0.2, -0.15) is 5.10 Å². The third-order valence-corrected chi connectivity index (χ3v) is 6.04. The molecule has 2 N–H and O–H groups in total. The number of fused-ring (bicyclic) bond motifs is 1. The molecule has 1 amide bonds. The molecule has 37 heavy (non-hydrogen) atoms. The minimum atomic E-state index is -0.366. The molecular weight excluding hydrogens is 462 g/mol. The number of nitrogens with one attached hydrogen (secondary N) is 2. The first kappa shape index (κ1) is 24.0. The molecule has 0 radical (unpaired) electrons. The number of anilines is 1. The van der Waals surface area contributed by atoms with Gasteiger partial charge in [-0.25, -0.2) is 0 Å². The minimum absolute atomic E-state index is 0.151. The predicted molar refractivity (Wildman–Crippen MR) is 147 cm³/mol. The van der Waals surface area contributed by atoms with E-state index in [2.05, 4.69) is 15.5 Å². The Labute approximate surface area is 215 Å². The number of carbonyl (C=O) groups is 2. The quantitative estimate of drug-likeness (QED) is 0.249. The Kier molecular flexibility index (Phi) is 6.32. The molecule has 2 aromatic heterocycles. The third kappa shape index (κ3) is 5.28. The summed E-state index contributed by atoms with van der Waals surface area (Å²) in [7, 11) is 0. The topological polar surface area (TPSA) is 88.0 Å². The summed E-state index contributed by atoms with van der Waals surface area (Å²) in [6, 6.07) is 25.8. The Balaban J connectivity index is 1.33. The highest BCUT2D eigenvalue weighted by atomic mass is 16.4. The van der Waals surface area contributed by atoms with E-state index in [1.165, 1.54) is 0 Å². The molecule has 0 saturated carbocycles. The van der Waals surface area contributed by atoms with Gasteiger partial charge in [-0.3, -0.25) is 14.7 Å². The van der Waals surface area contributed by atoms with Crippen LogP contribution in [-0.2, 0) is 5.41 Å². The zero-order valence-electron chi connectivity index (χ0n) is 20.9. The van der Waals surface area contributed by atoms with Crippen LogP contribution >= 0.6 is 0 Å². The van der Waals surface area contributed by atoms with Gasteiger partial charge >= 0.3 is 0 Å². The highest BCUT2D eigenvalue weighted by Crippen LogP contribution is 2.25. The maximum atomic E-state index is 13.2. The molecule has 0 spiro atoms. The summed E-state index contributed by atoms with van der Waals surface area (Å²) in [5, 5.41) is 11.2. The molecule has 5 aromatic rings. The van der Waals surface area contributed by atoms with E-state index in [0.717, 1.165) is 27.9 Å². The molecule has 0 saturated heterocycles. The van der Waals surface area contributed by atoms with Gasteiger partial charge in [0.15, 0.2) is 11.5 Å². The molecule has 0 bridgehead atoms. The Morgan fingerprint density at radius 2 is 1.65 bits per heavy atom. The molecule has 0 aliphatic carbocycles. The third-order valence-electron chi connectivity index (χ3n) is 6.04. The normalized spacial score (nSPS) is 11.8. The number of nitrogens with zero attached hydrogens (tertiary/aromatic N) is 1. The highest BCUT2D eigenvalue weighted by molar-refractivity contribution is 6.11. The molecule has 6 heteroatoms. The van der Waals surface area contributed by atoms with Crippen molar-refractivity contribution in [1.82, 2.24) is 10.2 Å². The maximum absolute atomic E-state index is 13.2. The van der Waals surface area contributed by atoms with E-state index in [1.54, 1.807) is 42.5 Å². The molecule has 6 nitrogen and oxygen atoms in total. The van der Waals surface area contributed by atoms with Gasteiger partial charge < -0.3 is 9.73 Å². The van der Waals surface area contributed by atoms with Crippen LogP contribution in [0.5, 0.6) is 0 Å². The first-order valence-corrected chi connectivity index (χ1v) is 12.1. The summed E-state index contributed by atoms with van der Waals surface area (Å²) in [6.45, 7) is 6.06. The van der Waals surface area contributed by atoms with Crippen molar-refractivity contribution in [2.24, 2.45) is 0 Å². The van der Waals surface area contributed by atoms with Crippen molar-refractivity contribution >= 4 is 40.4 Å². The van der Waals surface area contributed by atoms with Crippen molar-refractivity contribution in [1.29, 1.82) is 0 Å². The molecule has 2 heterocycles. The Morgan fingerprint density at radius 3 is 2.41 bits per heavy atom. The number of benzene rings is 3. The van der Waals surface area contributed by atoms with Crippen LogP contribution in [0.3, 0.4) is 0 Å². The summed E-state index contributed by atoms with van der Waals surface area (Å²) in [5.41, 5.74) is 3.97. The maximum Gasteiger partial charge on any atom is 0.291 e. The zero-order chi connectivity index (χ0) is 26.0. The predicted octanol–water partition coefficient (Wildman–Crippen LogP) is 7.11. The fourth-order valence-corrected chi connectivity index (χ4v) is 4.01. The van der Waals surface area contributed by atoms with E-state index in [1.807, 2.05) is 75.4 Å². The van der Waals surface area contributed by atoms with Gasteiger partial charge in [0.25, 0.3) is 5.91 Å². The SMILES string of the molecule is CC(C)(C)c1ccc(C(=O)Nc2cccc(C(=O)c3ccc4c(/C=C/c5ccccc5)n[nH]c4c3)c2)o1. The lowest BCUT2D eigenvalue weighted by Gasteiger charge is -2.14. The molecule has 0 fully saturated rings. The van der Waals surface area contributed by atoms with E-state index in [4.69, 9.17) is 4.42 Å². The van der Waals surface area contributed by atoms with Crippen molar-refractivity contribution in [2.45, 2.75) is 26.2 Å². The first-order valence-electron chi connectivity index (χ1n) is 12.1. The van der Waals surface area contributed by atoms with Crippen LogP contribution in [0.2, 0.25) is 0 Å². The van der Waals surface area contributed by atoms with Gasteiger partial charge in [0.05, 0.1) is 11.2 Å². The van der Waals surface area contributed by atoms with Gasteiger partial charge in [-0.05, 0) is 48.0 Å². The molecule has 0 aliphatic heterocycles. The van der Waals surface area contributed by atoms with E-state index < -0.39 is 0 Å². The first-order chi connectivity index (χ1) is 17.8. The van der Waals surface area contributed by atoms with Crippen molar-refractivity contribution in [2.75, 3.05) is 5.32 Å². The van der Waals surface area contributed by atoms with Crippen LogP contribution in [0.15, 0.2) is 89.3 Å². The lowest BCUT2D eigenvalue weighted by molar-refractivity contribution is 0.0991. The largest absolute Gasteiger partial charge is 0.455 e. The Hall–Kier alpha value is -4.71. The lowest BCUT2D eigenvalue weighted by Crippen LogP contribution is -2.13. The average Bonchev–Trinajstić information content (AvgIpc) is 3.55. The van der Waals surface area contributed by atoms with Crippen LogP contribution < -0.4 is 5.32 Å². The fourth-order valence-electron chi connectivity index (χ4n) is 4.01. The number of carbonyl (C=O) groups excluding carboxylic acids is 2. The number of aromatic nitrogens is 2. The minimum Gasteiger partial charge on any atom is -0.455 e. The van der Waals surface area contributed by atoms with Crippen LogP contribution in [0.4, 0.5) is 5.69 Å². The van der Waals surface area contributed by atoms with Crippen molar-refractivity contribution < 1.29 is 14.0 Å². The number of aromatic amines is 1. The average molecular weight is 490 g/mol. The van der Waals surface area contributed by atoms with Crippen LogP contribution in [0, 0.1) is 0 Å². The smallest absolute Gasteiger partial charge is 0.291 e. The van der Waals surface area contributed by atoms with E-state index in [9.17, 15) is 9.59 Å². The van der Waals surface area contributed by atoms with E-state index >= 15 is 0 Å². The summed E-state index contributed by atoms with van der Waals surface area (Å²) in [4.78, 5) is 25.9. The molecule has 0 unspecified atom stereocenters. The van der Waals surface area contributed by atoms with Crippen molar-refractivity contribution in [3.05, 3.63) is 119 Å². The van der Waals surface area contributed by atoms with Gasteiger partial charge in [-0.15, -0.1) is 0 Å². The molecule has 0 atom stereocenters. The molecule has 0 aliphatic rings.